The highest BCUT2D eigenvalue weighted by Crippen LogP contribution is 2.29. The Morgan fingerprint density at radius 3 is 2.36 bits per heavy atom. The van der Waals surface area contributed by atoms with E-state index in [0.29, 0.717) is 11.1 Å². The first kappa shape index (κ1) is 37.8. The number of rotatable bonds is 14. The van der Waals surface area contributed by atoms with E-state index in [1.807, 2.05) is 12.1 Å². The molecular weight excluding hydrogens is 666 g/mol. The number of carbonyl (C=O) groups is 5. The number of para-hydroxylation sites is 1. The van der Waals surface area contributed by atoms with Crippen LogP contribution in [0.3, 0.4) is 0 Å². The number of β-amino-alcohol motifs (C(OH)–C–C–N with tert-alkyl or cyclic N) is 1. The fourth-order valence-electron chi connectivity index (χ4n) is 5.75. The number of carbonyl (C=O) groups excluding carboxylic acids is 5. The third-order valence-corrected chi connectivity index (χ3v) is 8.53. The number of aliphatic hydroxyl groups is 1. The number of hydrogen-bond acceptors (Lipinski definition) is 7. The quantitative estimate of drug-likeness (QED) is 0.118. The Morgan fingerprint density at radius 2 is 1.70 bits per heavy atom. The number of halogens is 4. The number of alkyl halides is 3. The van der Waals surface area contributed by atoms with Crippen molar-refractivity contribution < 1.29 is 46.6 Å². The number of aliphatic hydroxyl groups excluding tert-OH is 1. The standard InChI is InChI=1S/C33H39F4N7O6/c1-17(33(35,36)37)10-26(30(48)41-15-28(46)42-25(29(39)47)12-19-14-40-24-5-3-2-4-22(19)24)43-31(49)27-13-21(45)16-44(27)32(50)23(38)11-18-6-8-20(34)9-7-18/h2-9,14,17,21,23,25-27,40,45H,10-13,15-16,38H2,1H3,(H2,39,47)(H,41,48)(H,42,46)(H,43,49)/t17?,21?,23-,25-,26-,27-/m0/s1. The Labute approximate surface area is 284 Å². The van der Waals surface area contributed by atoms with Crippen LogP contribution in [0.2, 0.25) is 0 Å². The molecule has 5 amide bonds. The first-order chi connectivity index (χ1) is 23.5. The van der Waals surface area contributed by atoms with Crippen LogP contribution in [0.5, 0.6) is 0 Å². The Hall–Kier alpha value is -5.03. The van der Waals surface area contributed by atoms with Crippen molar-refractivity contribution >= 4 is 40.4 Å². The van der Waals surface area contributed by atoms with Gasteiger partial charge in [-0.05, 0) is 42.2 Å². The molecule has 2 unspecified atom stereocenters. The SMILES string of the molecule is CC(C[C@H](NC(=O)[C@@H]1CC(O)CN1C(=O)[C@@H](N)Cc1ccc(F)cc1)C(=O)NCC(=O)N[C@@H](Cc1c[nH]c2ccccc12)C(N)=O)C(F)(F)F. The molecule has 1 aromatic heterocycles. The number of primary amides is 1. The van der Waals surface area contributed by atoms with Crippen molar-refractivity contribution in [1.82, 2.24) is 25.8 Å². The predicted octanol–water partition coefficient (Wildman–Crippen LogP) is 0.541. The molecular formula is C33H39F4N7O6. The first-order valence-electron chi connectivity index (χ1n) is 15.8. The van der Waals surface area contributed by atoms with E-state index in [4.69, 9.17) is 11.5 Å². The molecule has 1 fully saturated rings. The molecule has 50 heavy (non-hydrogen) atoms. The van der Waals surface area contributed by atoms with Gasteiger partial charge in [0, 0.05) is 36.5 Å². The van der Waals surface area contributed by atoms with E-state index in [9.17, 15) is 46.6 Å². The third kappa shape index (κ3) is 9.78. The number of nitrogens with two attached hydrogens (primary N) is 2. The molecule has 1 aliphatic rings. The topological polar surface area (TPSA) is 213 Å². The molecule has 0 spiro atoms. The normalized spacial score (nSPS) is 18.6. The average Bonchev–Trinajstić information content (AvgIpc) is 3.66. The Kier molecular flexibility index (Phi) is 12.2. The van der Waals surface area contributed by atoms with Crippen molar-refractivity contribution in [3.63, 3.8) is 0 Å². The van der Waals surface area contributed by atoms with Crippen molar-refractivity contribution in [2.45, 2.75) is 69.1 Å². The van der Waals surface area contributed by atoms with Crippen LogP contribution in [0.1, 0.15) is 30.9 Å². The second kappa shape index (κ2) is 16.1. The zero-order chi connectivity index (χ0) is 36.7. The van der Waals surface area contributed by atoms with Gasteiger partial charge in [-0.1, -0.05) is 37.3 Å². The highest BCUT2D eigenvalue weighted by Gasteiger charge is 2.43. The summed E-state index contributed by atoms with van der Waals surface area (Å²) < 4.78 is 53.9. The van der Waals surface area contributed by atoms with Gasteiger partial charge in [-0.25, -0.2) is 4.39 Å². The maximum Gasteiger partial charge on any atom is 0.391 e. The summed E-state index contributed by atoms with van der Waals surface area (Å²) in [5.41, 5.74) is 13.5. The summed E-state index contributed by atoms with van der Waals surface area (Å²) in [6.07, 6.45) is -5.47. The van der Waals surface area contributed by atoms with Crippen molar-refractivity contribution in [3.05, 3.63) is 71.7 Å². The summed E-state index contributed by atoms with van der Waals surface area (Å²) in [6, 6.07) is 6.85. The maximum absolute atomic E-state index is 13.5. The van der Waals surface area contributed by atoms with Gasteiger partial charge in [0.15, 0.2) is 0 Å². The fraction of sp³-hybridized carbons (Fsp3) is 0.424. The largest absolute Gasteiger partial charge is 0.391 e. The van der Waals surface area contributed by atoms with Crippen LogP contribution in [0.25, 0.3) is 10.9 Å². The summed E-state index contributed by atoms with van der Waals surface area (Å²) in [6.45, 7) is -0.261. The summed E-state index contributed by atoms with van der Waals surface area (Å²) in [7, 11) is 0. The minimum Gasteiger partial charge on any atom is -0.391 e. The van der Waals surface area contributed by atoms with Crippen molar-refractivity contribution in [3.8, 4) is 0 Å². The van der Waals surface area contributed by atoms with Gasteiger partial charge < -0.3 is 42.4 Å². The average molecular weight is 706 g/mol. The number of benzene rings is 2. The minimum atomic E-state index is -4.74. The molecule has 0 saturated carbocycles. The molecule has 17 heteroatoms. The number of fused-ring (bicyclic) bond motifs is 1. The lowest BCUT2D eigenvalue weighted by Crippen LogP contribution is -2.57. The van der Waals surface area contributed by atoms with Gasteiger partial charge in [-0.3, -0.25) is 24.0 Å². The molecule has 1 aliphatic heterocycles. The Morgan fingerprint density at radius 1 is 1.02 bits per heavy atom. The molecule has 0 bridgehead atoms. The van der Waals surface area contributed by atoms with E-state index in [1.54, 1.807) is 18.3 Å². The first-order valence-corrected chi connectivity index (χ1v) is 15.8. The zero-order valence-electron chi connectivity index (χ0n) is 27.0. The van der Waals surface area contributed by atoms with Crippen LogP contribution in [-0.2, 0) is 36.8 Å². The summed E-state index contributed by atoms with van der Waals surface area (Å²) in [5.74, 6) is -7.21. The maximum atomic E-state index is 13.5. The number of amides is 5. The monoisotopic (exact) mass is 705 g/mol. The molecule has 270 valence electrons. The van der Waals surface area contributed by atoms with Crippen LogP contribution in [0.4, 0.5) is 17.6 Å². The molecule has 2 aromatic carbocycles. The number of aromatic nitrogens is 1. The molecule has 6 atom stereocenters. The van der Waals surface area contributed by atoms with Crippen LogP contribution < -0.4 is 27.4 Å². The second-order valence-corrected chi connectivity index (χ2v) is 12.4. The van der Waals surface area contributed by atoms with Gasteiger partial charge in [0.25, 0.3) is 0 Å². The highest BCUT2D eigenvalue weighted by atomic mass is 19.4. The van der Waals surface area contributed by atoms with E-state index in [1.165, 1.54) is 24.3 Å². The van der Waals surface area contributed by atoms with E-state index >= 15 is 0 Å². The number of nitrogens with one attached hydrogen (secondary N) is 4. The van der Waals surface area contributed by atoms with Crippen LogP contribution in [-0.4, -0.2) is 94.1 Å². The Bertz CT molecular complexity index is 1700. The lowest BCUT2D eigenvalue weighted by atomic mass is 9.99. The summed E-state index contributed by atoms with van der Waals surface area (Å²) in [4.78, 5) is 68.7. The lowest BCUT2D eigenvalue weighted by Gasteiger charge is -2.29. The third-order valence-electron chi connectivity index (χ3n) is 8.53. The molecule has 2 heterocycles. The lowest BCUT2D eigenvalue weighted by molar-refractivity contribution is -0.173. The van der Waals surface area contributed by atoms with E-state index in [0.717, 1.165) is 22.7 Å². The number of likely N-dealkylation sites (tertiary alicyclic amines) is 1. The number of aromatic amines is 1. The van der Waals surface area contributed by atoms with Gasteiger partial charge in [0.2, 0.25) is 29.5 Å². The van der Waals surface area contributed by atoms with Crippen LogP contribution in [0.15, 0.2) is 54.7 Å². The second-order valence-electron chi connectivity index (χ2n) is 12.4. The molecule has 13 nitrogen and oxygen atoms in total. The van der Waals surface area contributed by atoms with E-state index in [2.05, 4.69) is 20.9 Å². The molecule has 9 N–H and O–H groups in total. The van der Waals surface area contributed by atoms with E-state index < -0.39 is 90.7 Å². The Balaban J connectivity index is 1.41. The summed E-state index contributed by atoms with van der Waals surface area (Å²) >= 11 is 0. The van der Waals surface area contributed by atoms with Crippen LogP contribution in [0, 0.1) is 11.7 Å². The number of nitrogens with zero attached hydrogens (tertiary/aromatic N) is 1. The van der Waals surface area contributed by atoms with Gasteiger partial charge in [-0.2, -0.15) is 13.2 Å². The highest BCUT2D eigenvalue weighted by molar-refractivity contribution is 5.95. The van der Waals surface area contributed by atoms with Crippen molar-refractivity contribution in [1.29, 1.82) is 0 Å². The van der Waals surface area contributed by atoms with Crippen molar-refractivity contribution in [2.24, 2.45) is 17.4 Å². The molecule has 0 aliphatic carbocycles. The fourth-order valence-corrected chi connectivity index (χ4v) is 5.75. The number of H-pyrrole nitrogens is 1. The minimum absolute atomic E-state index is 0.0107. The summed E-state index contributed by atoms with van der Waals surface area (Å²) in [5, 5.41) is 17.9. The van der Waals surface area contributed by atoms with Gasteiger partial charge in [0.1, 0.15) is 23.9 Å². The van der Waals surface area contributed by atoms with Crippen LogP contribution >= 0.6 is 0 Å². The number of hydrogen-bond donors (Lipinski definition) is 7. The van der Waals surface area contributed by atoms with Gasteiger partial charge in [0.05, 0.1) is 24.6 Å². The molecule has 0 radical (unpaired) electrons. The predicted molar refractivity (Wildman–Crippen MR) is 172 cm³/mol. The molecule has 1 saturated heterocycles. The zero-order valence-corrected chi connectivity index (χ0v) is 27.0. The molecule has 4 rings (SSSR count). The van der Waals surface area contributed by atoms with Gasteiger partial charge >= 0.3 is 6.18 Å². The molecule has 3 aromatic rings. The van der Waals surface area contributed by atoms with Gasteiger partial charge in [-0.15, -0.1) is 0 Å². The van der Waals surface area contributed by atoms with E-state index in [-0.39, 0.29) is 25.8 Å². The van der Waals surface area contributed by atoms with Crippen molar-refractivity contribution in [2.75, 3.05) is 13.1 Å². The smallest absolute Gasteiger partial charge is 0.391 e.